The summed E-state index contributed by atoms with van der Waals surface area (Å²) >= 11 is 0. The molecule has 7 atom stereocenters. The average Bonchev–Trinajstić information content (AvgIpc) is 3.13. The lowest BCUT2D eigenvalue weighted by Crippen LogP contribution is -2.74. The third-order valence-corrected chi connectivity index (χ3v) is 6.63. The molecule has 2 saturated heterocycles. The highest BCUT2D eigenvalue weighted by molar-refractivity contribution is 5.90. The number of hydrogen-bond acceptors (Lipinski definition) is 10. The average molecular weight is 503 g/mol. The van der Waals surface area contributed by atoms with Crippen molar-refractivity contribution in [3.05, 3.63) is 65.7 Å². The number of rotatable bonds is 8. The molecule has 194 valence electrons. The summed E-state index contributed by atoms with van der Waals surface area (Å²) in [6.07, 6.45) is -4.85. The van der Waals surface area contributed by atoms with Crippen molar-refractivity contribution in [3.63, 3.8) is 0 Å². The molecule has 2 aliphatic heterocycles. The molecule has 12 nitrogen and oxygen atoms in total. The number of hydroxylamine groups is 2. The standard InChI is InChI=1S/C24H30N4O8/c25-16(10-13-6-8-15(29)9-7-13)21(32)27-17(22(33)26-11-14-4-2-1-3-5-14)18-19(30)24(34)12-36-23(20(24)31)28(18)35/h1-9,16-20,23,29-31,34-35H,10-12,25H2,(H,26,33)(H,27,32)/t16-,17?,18-,19-,20-,23-,24+/m0/s1. The first-order valence-corrected chi connectivity index (χ1v) is 11.4. The van der Waals surface area contributed by atoms with E-state index in [1.54, 1.807) is 36.4 Å². The second-order valence-corrected chi connectivity index (χ2v) is 9.12. The normalized spacial score (nSPS) is 29.4. The molecule has 0 aliphatic carbocycles. The molecule has 2 heterocycles. The van der Waals surface area contributed by atoms with Gasteiger partial charge in [-0.15, -0.1) is 0 Å². The van der Waals surface area contributed by atoms with Crippen LogP contribution < -0.4 is 16.4 Å². The molecular formula is C24H30N4O8. The Hall–Kier alpha value is -3.10. The van der Waals surface area contributed by atoms with E-state index in [1.165, 1.54) is 12.1 Å². The lowest BCUT2D eigenvalue weighted by Gasteiger charge is -2.47. The minimum Gasteiger partial charge on any atom is -0.508 e. The molecule has 2 aromatic carbocycles. The molecule has 0 aromatic heterocycles. The van der Waals surface area contributed by atoms with Crippen LogP contribution in [-0.4, -0.2) is 91.3 Å². The Morgan fingerprint density at radius 3 is 2.39 bits per heavy atom. The van der Waals surface area contributed by atoms with Gasteiger partial charge in [0.05, 0.1) is 18.7 Å². The molecule has 2 aliphatic rings. The maximum absolute atomic E-state index is 13.3. The number of phenols is 1. The molecule has 2 aromatic rings. The summed E-state index contributed by atoms with van der Waals surface area (Å²) in [5, 5.41) is 57.7. The van der Waals surface area contributed by atoms with Crippen LogP contribution in [0.5, 0.6) is 5.75 Å². The van der Waals surface area contributed by atoms with Crippen molar-refractivity contribution < 1.29 is 40.0 Å². The number of nitrogens with zero attached hydrogens (tertiary/aromatic N) is 1. The summed E-state index contributed by atoms with van der Waals surface area (Å²) in [4.78, 5) is 26.2. The van der Waals surface area contributed by atoms with Gasteiger partial charge in [-0.05, 0) is 29.7 Å². The van der Waals surface area contributed by atoms with Gasteiger partial charge in [0.15, 0.2) is 6.23 Å². The third-order valence-electron chi connectivity index (χ3n) is 6.63. The minimum absolute atomic E-state index is 0.0539. The van der Waals surface area contributed by atoms with E-state index in [9.17, 15) is 35.2 Å². The topological polar surface area (TPSA) is 198 Å². The molecule has 2 bridgehead atoms. The Balaban J connectivity index is 1.55. The van der Waals surface area contributed by atoms with Crippen LogP contribution in [0.15, 0.2) is 54.6 Å². The first kappa shape index (κ1) is 26.0. The van der Waals surface area contributed by atoms with Gasteiger partial charge in [0.1, 0.15) is 29.6 Å². The van der Waals surface area contributed by atoms with Gasteiger partial charge in [-0.3, -0.25) is 9.59 Å². The van der Waals surface area contributed by atoms with Gasteiger partial charge in [-0.2, -0.15) is 5.06 Å². The number of carbonyl (C=O) groups excluding carboxylic acids is 2. The second kappa shape index (κ2) is 10.5. The van der Waals surface area contributed by atoms with Gasteiger partial charge in [-0.1, -0.05) is 42.5 Å². The summed E-state index contributed by atoms with van der Waals surface area (Å²) in [6, 6.07) is 10.8. The molecule has 2 amide bonds. The van der Waals surface area contributed by atoms with Crippen molar-refractivity contribution in [1.82, 2.24) is 15.7 Å². The predicted octanol–water partition coefficient (Wildman–Crippen LogP) is -2.05. The number of ether oxygens (including phenoxy) is 1. The lowest BCUT2D eigenvalue weighted by molar-refractivity contribution is -0.297. The highest BCUT2D eigenvalue weighted by atomic mass is 16.6. The van der Waals surface area contributed by atoms with Crippen LogP contribution in [0.2, 0.25) is 0 Å². The molecule has 0 saturated carbocycles. The number of carbonyl (C=O) groups is 2. The lowest BCUT2D eigenvalue weighted by atomic mass is 9.80. The van der Waals surface area contributed by atoms with Crippen LogP contribution in [0.3, 0.4) is 0 Å². The van der Waals surface area contributed by atoms with Gasteiger partial charge < -0.3 is 46.7 Å². The van der Waals surface area contributed by atoms with Crippen LogP contribution in [-0.2, 0) is 27.3 Å². The van der Waals surface area contributed by atoms with Crippen LogP contribution >= 0.6 is 0 Å². The maximum atomic E-state index is 13.3. The van der Waals surface area contributed by atoms with Gasteiger partial charge in [0, 0.05) is 6.54 Å². The number of benzene rings is 2. The molecule has 2 fully saturated rings. The highest BCUT2D eigenvalue weighted by Gasteiger charge is 2.65. The number of fused-ring (bicyclic) bond motifs is 2. The fourth-order valence-electron chi connectivity index (χ4n) is 4.51. The van der Waals surface area contributed by atoms with E-state index in [1.807, 2.05) is 6.07 Å². The van der Waals surface area contributed by atoms with Crippen LogP contribution in [0.4, 0.5) is 0 Å². The molecule has 4 rings (SSSR count). The number of aliphatic hydroxyl groups excluding tert-OH is 2. The monoisotopic (exact) mass is 502 g/mol. The quantitative estimate of drug-likeness (QED) is 0.199. The fraction of sp³-hybridized carbons (Fsp3) is 0.417. The Kier molecular flexibility index (Phi) is 7.57. The zero-order chi connectivity index (χ0) is 26.0. The van der Waals surface area contributed by atoms with Gasteiger partial charge in [0.2, 0.25) is 11.8 Å². The van der Waals surface area contributed by atoms with Crippen molar-refractivity contribution in [2.24, 2.45) is 5.73 Å². The van der Waals surface area contributed by atoms with Gasteiger partial charge in [0.25, 0.3) is 0 Å². The Bertz CT molecular complexity index is 1070. The number of nitrogens with one attached hydrogen (secondary N) is 2. The van der Waals surface area contributed by atoms with Crippen molar-refractivity contribution in [3.8, 4) is 5.75 Å². The second-order valence-electron chi connectivity index (χ2n) is 9.12. The van der Waals surface area contributed by atoms with E-state index in [4.69, 9.17) is 10.5 Å². The summed E-state index contributed by atoms with van der Waals surface area (Å²) in [5.74, 6) is -1.46. The SMILES string of the molecule is N[C@@H](Cc1ccc(O)cc1)C(=O)NC(C(=O)NCc1ccccc1)[C@H]1[C@H](O)[C@]2(O)CO[C@@H]([C@@H]2O)N1O. The molecule has 1 unspecified atom stereocenters. The Morgan fingerprint density at radius 2 is 1.72 bits per heavy atom. The molecule has 12 heteroatoms. The van der Waals surface area contributed by atoms with Crippen LogP contribution in [0, 0.1) is 0 Å². The predicted molar refractivity (Wildman–Crippen MR) is 124 cm³/mol. The molecular weight excluding hydrogens is 472 g/mol. The number of phenolic OH excluding ortho intramolecular Hbond substituents is 1. The van der Waals surface area contributed by atoms with E-state index in [-0.39, 0.29) is 18.7 Å². The van der Waals surface area contributed by atoms with Gasteiger partial charge in [-0.25, -0.2) is 0 Å². The minimum atomic E-state index is -2.16. The fourth-order valence-corrected chi connectivity index (χ4v) is 4.51. The number of amides is 2. The summed E-state index contributed by atoms with van der Waals surface area (Å²) in [7, 11) is 0. The Morgan fingerprint density at radius 1 is 1.06 bits per heavy atom. The summed E-state index contributed by atoms with van der Waals surface area (Å²) < 4.78 is 5.23. The molecule has 9 N–H and O–H groups in total. The van der Waals surface area contributed by atoms with E-state index >= 15 is 0 Å². The zero-order valence-electron chi connectivity index (χ0n) is 19.3. The van der Waals surface area contributed by atoms with Crippen molar-refractivity contribution in [1.29, 1.82) is 0 Å². The van der Waals surface area contributed by atoms with E-state index in [0.717, 1.165) is 5.56 Å². The van der Waals surface area contributed by atoms with Crippen LogP contribution in [0.1, 0.15) is 11.1 Å². The molecule has 0 spiro atoms. The molecule has 0 radical (unpaired) electrons. The largest absolute Gasteiger partial charge is 0.508 e. The van der Waals surface area contributed by atoms with Crippen LogP contribution in [0.25, 0.3) is 0 Å². The number of piperidine rings is 1. The van der Waals surface area contributed by atoms with E-state index in [0.29, 0.717) is 10.6 Å². The zero-order valence-corrected chi connectivity index (χ0v) is 19.3. The van der Waals surface area contributed by atoms with E-state index < -0.39 is 60.6 Å². The smallest absolute Gasteiger partial charge is 0.244 e. The highest BCUT2D eigenvalue weighted by Crippen LogP contribution is 2.38. The number of aromatic hydroxyl groups is 1. The Labute approximate surface area is 206 Å². The maximum Gasteiger partial charge on any atom is 0.244 e. The number of nitrogens with two attached hydrogens (primary N) is 1. The van der Waals surface area contributed by atoms with Crippen molar-refractivity contribution in [2.75, 3.05) is 6.61 Å². The first-order valence-electron chi connectivity index (χ1n) is 11.4. The van der Waals surface area contributed by atoms with E-state index in [2.05, 4.69) is 10.6 Å². The number of hydrogen-bond donors (Lipinski definition) is 8. The van der Waals surface area contributed by atoms with Crippen molar-refractivity contribution >= 4 is 11.8 Å². The van der Waals surface area contributed by atoms with Gasteiger partial charge >= 0.3 is 0 Å². The molecule has 36 heavy (non-hydrogen) atoms. The number of aliphatic hydroxyl groups is 3. The third kappa shape index (κ3) is 5.06. The summed E-state index contributed by atoms with van der Waals surface area (Å²) in [6.45, 7) is -0.396. The first-order chi connectivity index (χ1) is 17.1. The van der Waals surface area contributed by atoms with Crippen molar-refractivity contribution in [2.45, 2.75) is 55.1 Å². The summed E-state index contributed by atoms with van der Waals surface area (Å²) in [5.41, 5.74) is 5.32.